The summed E-state index contributed by atoms with van der Waals surface area (Å²) in [7, 11) is -4.55. The highest BCUT2D eigenvalue weighted by molar-refractivity contribution is 7.92. The van der Waals surface area contributed by atoms with Gasteiger partial charge in [0.25, 0.3) is 0 Å². The molecule has 1 aliphatic rings. The smallest absolute Gasteiger partial charge is 0.407 e. The Balaban J connectivity index is 1.46. The van der Waals surface area contributed by atoms with Crippen LogP contribution < -0.4 is 14.8 Å². The molecule has 5 rings (SSSR count). The summed E-state index contributed by atoms with van der Waals surface area (Å²) < 4.78 is 86.9. The second-order valence-electron chi connectivity index (χ2n) is 10.4. The van der Waals surface area contributed by atoms with Gasteiger partial charge in [-0.1, -0.05) is 24.3 Å². The molecule has 1 amide bonds. The topological polar surface area (TPSA) is 147 Å². The number of ether oxygens (including phenoxy) is 1. The molecule has 0 saturated carbocycles. The minimum atomic E-state index is -4.71. The van der Waals surface area contributed by atoms with Gasteiger partial charge in [-0.2, -0.15) is 13.2 Å². The van der Waals surface area contributed by atoms with Crippen molar-refractivity contribution in [3.8, 4) is 22.9 Å². The molecule has 1 atom stereocenters. The van der Waals surface area contributed by atoms with E-state index in [1.165, 1.54) is 36.4 Å². The van der Waals surface area contributed by atoms with Gasteiger partial charge in [0, 0.05) is 47.9 Å². The molecule has 0 aliphatic carbocycles. The number of hydrogen-bond acceptors (Lipinski definition) is 8. The molecule has 1 fully saturated rings. The number of sulfonamides is 1. The lowest BCUT2D eigenvalue weighted by Gasteiger charge is -2.31. The van der Waals surface area contributed by atoms with Crippen LogP contribution in [-0.2, 0) is 10.0 Å². The Labute approximate surface area is 255 Å². The van der Waals surface area contributed by atoms with E-state index in [1.54, 1.807) is 30.3 Å². The maximum absolute atomic E-state index is 15.8. The first-order valence-corrected chi connectivity index (χ1v) is 15.5. The van der Waals surface area contributed by atoms with Crippen LogP contribution in [0.15, 0.2) is 54.9 Å². The maximum Gasteiger partial charge on any atom is 0.407 e. The Bertz CT molecular complexity index is 1840. The molecule has 3 heterocycles. The Morgan fingerprint density at radius 3 is 2.60 bits per heavy atom. The number of piperidine rings is 1. The predicted molar refractivity (Wildman–Crippen MR) is 158 cm³/mol. The number of pyridine rings is 1. The minimum absolute atomic E-state index is 0.0182. The number of fused-ring (bicyclic) bond motifs is 1. The highest BCUT2D eigenvalue weighted by Gasteiger charge is 2.31. The van der Waals surface area contributed by atoms with Crippen molar-refractivity contribution in [2.75, 3.05) is 28.9 Å². The molecule has 2 aromatic heterocycles. The van der Waals surface area contributed by atoms with Gasteiger partial charge in [-0.3, -0.25) is 4.72 Å². The number of benzene rings is 2. The standard InChI is InChI=1S/C29H28F4N6O5S/c1-17-23(30)24(38-45(42,43)15-11-29(31,32)33)19-7-2-3-8-20(19)25(17)44-26-21(9-4-12-34-26)22-10-13-35-27(37-22)36-18-6-5-14-39(16-18)28(40)41/h2-4,7-10,12-13,18,38H,5-6,11,14-16H2,1H3,(H,40,41)(H,35,36,37)/t18-/m0/s1. The number of nitrogens with zero attached hydrogens (tertiary/aromatic N) is 4. The van der Waals surface area contributed by atoms with Gasteiger partial charge in [0.05, 0.1) is 29.1 Å². The number of anilines is 2. The molecule has 45 heavy (non-hydrogen) atoms. The second kappa shape index (κ2) is 12.7. The van der Waals surface area contributed by atoms with Gasteiger partial charge in [-0.15, -0.1) is 0 Å². The Morgan fingerprint density at radius 1 is 1.11 bits per heavy atom. The van der Waals surface area contributed by atoms with Crippen molar-refractivity contribution < 1.29 is 40.6 Å². The summed E-state index contributed by atoms with van der Waals surface area (Å²) in [6, 6.07) is 10.9. The number of alkyl halides is 3. The number of amides is 1. The highest BCUT2D eigenvalue weighted by atomic mass is 32.2. The van der Waals surface area contributed by atoms with E-state index in [-0.39, 0.29) is 46.5 Å². The van der Waals surface area contributed by atoms with E-state index in [2.05, 4.69) is 20.3 Å². The lowest BCUT2D eigenvalue weighted by molar-refractivity contribution is -0.129. The molecule has 0 spiro atoms. The third-order valence-corrected chi connectivity index (χ3v) is 8.43. The fraction of sp³-hybridized carbons (Fsp3) is 0.310. The summed E-state index contributed by atoms with van der Waals surface area (Å²) in [6.07, 6.45) is -2.92. The quantitative estimate of drug-likeness (QED) is 0.181. The van der Waals surface area contributed by atoms with Crippen molar-refractivity contribution >= 4 is 38.5 Å². The molecule has 3 N–H and O–H groups in total. The summed E-state index contributed by atoms with van der Waals surface area (Å²) in [6.45, 7) is 2.07. The van der Waals surface area contributed by atoms with Crippen molar-refractivity contribution in [2.45, 2.75) is 38.4 Å². The van der Waals surface area contributed by atoms with Gasteiger partial charge in [-0.05, 0) is 38.0 Å². The van der Waals surface area contributed by atoms with Crippen molar-refractivity contribution in [1.29, 1.82) is 0 Å². The van der Waals surface area contributed by atoms with Crippen LogP contribution in [0.1, 0.15) is 24.8 Å². The van der Waals surface area contributed by atoms with Gasteiger partial charge >= 0.3 is 12.3 Å². The maximum atomic E-state index is 15.8. The zero-order valence-corrected chi connectivity index (χ0v) is 24.6. The van der Waals surface area contributed by atoms with Crippen molar-refractivity contribution in [3.05, 3.63) is 66.2 Å². The number of nitrogens with one attached hydrogen (secondary N) is 2. The van der Waals surface area contributed by atoms with Crippen LogP contribution >= 0.6 is 0 Å². The summed E-state index contributed by atoms with van der Waals surface area (Å²) in [5, 5.41) is 12.9. The lowest BCUT2D eigenvalue weighted by Crippen LogP contribution is -2.44. The largest absolute Gasteiger partial charge is 0.465 e. The third-order valence-electron chi connectivity index (χ3n) is 7.17. The van der Waals surface area contributed by atoms with E-state index in [0.29, 0.717) is 24.2 Å². The molecule has 11 nitrogen and oxygen atoms in total. The first-order valence-electron chi connectivity index (χ1n) is 13.8. The SMILES string of the molecule is Cc1c(F)c(NS(=O)(=O)CCC(F)(F)F)c2ccccc2c1Oc1ncccc1-c1ccnc(N[C@H]2CCCN(C(=O)O)C2)n1. The molecule has 16 heteroatoms. The van der Waals surface area contributed by atoms with E-state index in [9.17, 15) is 31.5 Å². The Hall–Kier alpha value is -4.73. The van der Waals surface area contributed by atoms with Crippen LogP contribution in [0.2, 0.25) is 0 Å². The van der Waals surface area contributed by atoms with Crippen LogP contribution in [0.3, 0.4) is 0 Å². The number of hydrogen-bond donors (Lipinski definition) is 3. The lowest BCUT2D eigenvalue weighted by atomic mass is 10.0. The fourth-order valence-electron chi connectivity index (χ4n) is 4.99. The molecular formula is C29H28F4N6O5S. The molecule has 1 saturated heterocycles. The minimum Gasteiger partial charge on any atom is -0.465 e. The molecule has 0 unspecified atom stereocenters. The average molecular weight is 649 g/mol. The third kappa shape index (κ3) is 7.50. The van der Waals surface area contributed by atoms with Crippen molar-refractivity contribution in [2.24, 2.45) is 0 Å². The predicted octanol–water partition coefficient (Wildman–Crippen LogP) is 6.18. The van der Waals surface area contributed by atoms with Gasteiger partial charge < -0.3 is 20.1 Å². The van der Waals surface area contributed by atoms with E-state index in [1.807, 2.05) is 4.72 Å². The Morgan fingerprint density at radius 2 is 1.87 bits per heavy atom. The van der Waals surface area contributed by atoms with Gasteiger partial charge in [0.2, 0.25) is 21.9 Å². The number of aromatic nitrogens is 3. The summed E-state index contributed by atoms with van der Waals surface area (Å²) in [5.41, 5.74) is 0.219. The van der Waals surface area contributed by atoms with Gasteiger partial charge in [-0.25, -0.2) is 32.6 Å². The molecular weight excluding hydrogens is 620 g/mol. The van der Waals surface area contributed by atoms with Crippen LogP contribution in [-0.4, -0.2) is 70.5 Å². The van der Waals surface area contributed by atoms with Gasteiger partial charge in [0.15, 0.2) is 5.82 Å². The summed E-state index contributed by atoms with van der Waals surface area (Å²) in [5.74, 6) is -1.97. The molecule has 2 aromatic carbocycles. The van der Waals surface area contributed by atoms with Crippen LogP contribution in [0.4, 0.5) is 34.0 Å². The van der Waals surface area contributed by atoms with E-state index in [4.69, 9.17) is 4.74 Å². The summed E-state index contributed by atoms with van der Waals surface area (Å²) in [4.78, 5) is 25.9. The molecule has 0 radical (unpaired) electrons. The average Bonchev–Trinajstić information content (AvgIpc) is 3.01. The van der Waals surface area contributed by atoms with Gasteiger partial charge in [0.1, 0.15) is 5.75 Å². The first kappa shape index (κ1) is 31.7. The normalized spacial score (nSPS) is 15.6. The molecule has 4 aromatic rings. The van der Waals surface area contributed by atoms with E-state index >= 15 is 4.39 Å². The zero-order chi connectivity index (χ0) is 32.4. The second-order valence-corrected chi connectivity index (χ2v) is 12.3. The number of likely N-dealkylation sites (tertiary alicyclic amines) is 1. The number of halogens is 4. The zero-order valence-electron chi connectivity index (χ0n) is 23.8. The molecule has 238 valence electrons. The van der Waals surface area contributed by atoms with Crippen LogP contribution in [0.5, 0.6) is 11.6 Å². The molecule has 1 aliphatic heterocycles. The summed E-state index contributed by atoms with van der Waals surface area (Å²) >= 11 is 0. The number of carbonyl (C=O) groups is 1. The van der Waals surface area contributed by atoms with E-state index in [0.717, 1.165) is 6.42 Å². The number of rotatable bonds is 9. The first-order chi connectivity index (χ1) is 21.3. The fourth-order valence-corrected chi connectivity index (χ4v) is 6.10. The van der Waals surface area contributed by atoms with Crippen molar-refractivity contribution in [1.82, 2.24) is 19.9 Å². The number of carboxylic acid groups (broad SMARTS) is 1. The van der Waals surface area contributed by atoms with Crippen LogP contribution in [0, 0.1) is 12.7 Å². The van der Waals surface area contributed by atoms with Crippen LogP contribution in [0.25, 0.3) is 22.0 Å². The van der Waals surface area contributed by atoms with Crippen molar-refractivity contribution in [3.63, 3.8) is 0 Å². The molecule has 0 bridgehead atoms. The van der Waals surface area contributed by atoms with E-state index < -0.39 is 46.0 Å². The monoisotopic (exact) mass is 648 g/mol. The highest BCUT2D eigenvalue weighted by Crippen LogP contribution is 2.42. The Kier molecular flexibility index (Phi) is 8.95.